The summed E-state index contributed by atoms with van der Waals surface area (Å²) in [6, 6.07) is 0. The van der Waals surface area contributed by atoms with Crippen LogP contribution in [0.25, 0.3) is 0 Å². The minimum Gasteiger partial charge on any atom is -0.394 e. The van der Waals surface area contributed by atoms with Gasteiger partial charge in [0.15, 0.2) is 0 Å². The summed E-state index contributed by atoms with van der Waals surface area (Å²) in [6.45, 7) is 2.49. The fraction of sp³-hybridized carbons (Fsp3) is 0.882. The van der Waals surface area contributed by atoms with Gasteiger partial charge in [-0.1, -0.05) is 38.3 Å². The number of hydrogen-bond donors (Lipinski definition) is 3. The molecule has 0 unspecified atom stereocenters. The van der Waals surface area contributed by atoms with E-state index in [9.17, 15) is 10.2 Å². The second-order valence-electron chi connectivity index (χ2n) is 5.91. The highest BCUT2D eigenvalue weighted by atomic mass is 16.6. The van der Waals surface area contributed by atoms with E-state index in [2.05, 4.69) is 19.1 Å². The standard InChI is InChI=1S/C17H32O5/c1-2-3-4-5-6-7-8-9-10-11-21-17-15(20)13-22-16(17)14(19)12-18/h4-5,14-20H,2-3,6-13H2,1H3/b5-4+/t14-,15+,16+,17+/m0/s1. The van der Waals surface area contributed by atoms with Gasteiger partial charge in [0.2, 0.25) is 0 Å². The quantitative estimate of drug-likeness (QED) is 0.378. The van der Waals surface area contributed by atoms with Crippen LogP contribution in [0.5, 0.6) is 0 Å². The molecule has 130 valence electrons. The molecule has 4 atom stereocenters. The van der Waals surface area contributed by atoms with E-state index in [1.54, 1.807) is 0 Å². The molecule has 5 nitrogen and oxygen atoms in total. The fourth-order valence-electron chi connectivity index (χ4n) is 2.60. The van der Waals surface area contributed by atoms with Crippen LogP contribution >= 0.6 is 0 Å². The lowest BCUT2D eigenvalue weighted by molar-refractivity contribution is -0.0938. The number of ether oxygens (including phenoxy) is 2. The predicted molar refractivity (Wildman–Crippen MR) is 85.7 cm³/mol. The highest BCUT2D eigenvalue weighted by Crippen LogP contribution is 2.21. The number of rotatable bonds is 12. The highest BCUT2D eigenvalue weighted by molar-refractivity contribution is 4.89. The van der Waals surface area contributed by atoms with Gasteiger partial charge < -0.3 is 24.8 Å². The molecule has 0 aromatic carbocycles. The monoisotopic (exact) mass is 316 g/mol. The molecule has 0 amide bonds. The fourth-order valence-corrected chi connectivity index (χ4v) is 2.60. The lowest BCUT2D eigenvalue weighted by Crippen LogP contribution is -2.42. The number of allylic oxidation sites excluding steroid dienone is 2. The van der Waals surface area contributed by atoms with E-state index in [1.807, 2.05) is 0 Å². The van der Waals surface area contributed by atoms with E-state index < -0.39 is 24.4 Å². The minimum absolute atomic E-state index is 0.149. The molecule has 1 fully saturated rings. The van der Waals surface area contributed by atoms with Crippen molar-refractivity contribution in [3.8, 4) is 0 Å². The van der Waals surface area contributed by atoms with E-state index in [1.165, 1.54) is 25.7 Å². The third-order valence-electron chi connectivity index (χ3n) is 3.93. The normalized spacial score (nSPS) is 26.8. The van der Waals surface area contributed by atoms with Gasteiger partial charge >= 0.3 is 0 Å². The molecule has 5 heteroatoms. The van der Waals surface area contributed by atoms with Crippen LogP contribution < -0.4 is 0 Å². The first kappa shape index (κ1) is 19.6. The Morgan fingerprint density at radius 3 is 2.64 bits per heavy atom. The van der Waals surface area contributed by atoms with Crippen LogP contribution in [0, 0.1) is 0 Å². The number of unbranched alkanes of at least 4 members (excludes halogenated alkanes) is 5. The molecule has 1 aliphatic heterocycles. The van der Waals surface area contributed by atoms with Crippen LogP contribution in [-0.4, -0.2) is 59.6 Å². The molecule has 0 saturated carbocycles. The molecule has 1 rings (SSSR count). The van der Waals surface area contributed by atoms with Crippen LogP contribution in [0.4, 0.5) is 0 Å². The molecular weight excluding hydrogens is 284 g/mol. The smallest absolute Gasteiger partial charge is 0.114 e. The maximum absolute atomic E-state index is 9.80. The van der Waals surface area contributed by atoms with Gasteiger partial charge in [0.1, 0.15) is 24.4 Å². The van der Waals surface area contributed by atoms with Crippen molar-refractivity contribution in [3.05, 3.63) is 12.2 Å². The number of aliphatic hydroxyl groups is 3. The Kier molecular flexibility index (Phi) is 10.7. The largest absolute Gasteiger partial charge is 0.394 e. The molecule has 0 aliphatic carbocycles. The molecule has 1 aliphatic rings. The first-order chi connectivity index (χ1) is 10.7. The van der Waals surface area contributed by atoms with E-state index in [0.29, 0.717) is 6.61 Å². The number of aliphatic hydroxyl groups excluding tert-OH is 3. The summed E-state index contributed by atoms with van der Waals surface area (Å²) in [5.74, 6) is 0. The second kappa shape index (κ2) is 12.0. The van der Waals surface area contributed by atoms with Gasteiger partial charge in [0.05, 0.1) is 13.2 Å². The molecule has 0 aromatic heterocycles. The van der Waals surface area contributed by atoms with Crippen LogP contribution in [0.1, 0.15) is 51.9 Å². The summed E-state index contributed by atoms with van der Waals surface area (Å²) in [7, 11) is 0. The third kappa shape index (κ3) is 7.20. The van der Waals surface area contributed by atoms with E-state index in [-0.39, 0.29) is 13.2 Å². The lowest BCUT2D eigenvalue weighted by Gasteiger charge is -2.23. The summed E-state index contributed by atoms with van der Waals surface area (Å²) >= 11 is 0. The van der Waals surface area contributed by atoms with E-state index >= 15 is 0 Å². The average Bonchev–Trinajstić information content (AvgIpc) is 2.89. The highest BCUT2D eigenvalue weighted by Gasteiger charge is 2.40. The lowest BCUT2D eigenvalue weighted by atomic mass is 10.1. The maximum atomic E-state index is 9.80. The predicted octanol–water partition coefficient (Wildman–Crippen LogP) is 1.79. The topological polar surface area (TPSA) is 79.2 Å². The summed E-state index contributed by atoms with van der Waals surface area (Å²) < 4.78 is 10.9. The van der Waals surface area contributed by atoms with Gasteiger partial charge in [0, 0.05) is 6.61 Å². The van der Waals surface area contributed by atoms with E-state index in [4.69, 9.17) is 14.6 Å². The summed E-state index contributed by atoms with van der Waals surface area (Å²) in [4.78, 5) is 0. The van der Waals surface area contributed by atoms with Gasteiger partial charge in [-0.25, -0.2) is 0 Å². The summed E-state index contributed by atoms with van der Waals surface area (Å²) in [5, 5.41) is 28.4. The summed E-state index contributed by atoms with van der Waals surface area (Å²) in [6.07, 6.45) is 9.51. The van der Waals surface area contributed by atoms with Crippen molar-refractivity contribution in [2.75, 3.05) is 19.8 Å². The minimum atomic E-state index is -1.00. The van der Waals surface area contributed by atoms with E-state index in [0.717, 1.165) is 19.3 Å². The molecule has 22 heavy (non-hydrogen) atoms. The molecule has 1 saturated heterocycles. The van der Waals surface area contributed by atoms with Crippen molar-refractivity contribution in [2.24, 2.45) is 0 Å². The first-order valence-electron chi connectivity index (χ1n) is 8.55. The molecule has 0 aromatic rings. The SMILES string of the molecule is CCC/C=C/CCCCCCO[C@H]1[C@@H]([C@@H](O)CO)OC[C@H]1O. The Bertz CT molecular complexity index is 295. The van der Waals surface area contributed by atoms with Gasteiger partial charge in [0.25, 0.3) is 0 Å². The van der Waals surface area contributed by atoms with Crippen LogP contribution in [0.3, 0.4) is 0 Å². The van der Waals surface area contributed by atoms with Gasteiger partial charge in [-0.05, 0) is 25.7 Å². The Morgan fingerprint density at radius 2 is 1.91 bits per heavy atom. The van der Waals surface area contributed by atoms with Crippen molar-refractivity contribution in [1.82, 2.24) is 0 Å². The van der Waals surface area contributed by atoms with Crippen LogP contribution in [0.15, 0.2) is 12.2 Å². The van der Waals surface area contributed by atoms with Gasteiger partial charge in [-0.3, -0.25) is 0 Å². The molecule has 0 spiro atoms. The van der Waals surface area contributed by atoms with Gasteiger partial charge in [-0.2, -0.15) is 0 Å². The average molecular weight is 316 g/mol. The molecular formula is C17H32O5. The first-order valence-corrected chi connectivity index (χ1v) is 8.55. The Balaban J connectivity index is 2.05. The molecule has 0 radical (unpaired) electrons. The van der Waals surface area contributed by atoms with Crippen molar-refractivity contribution in [1.29, 1.82) is 0 Å². The Labute approximate surface area is 133 Å². The molecule has 0 bridgehead atoms. The third-order valence-corrected chi connectivity index (χ3v) is 3.93. The molecule has 3 N–H and O–H groups in total. The second-order valence-corrected chi connectivity index (χ2v) is 5.91. The van der Waals surface area contributed by atoms with Crippen molar-refractivity contribution in [3.63, 3.8) is 0 Å². The zero-order chi connectivity index (χ0) is 16.2. The van der Waals surface area contributed by atoms with Crippen molar-refractivity contribution >= 4 is 0 Å². The summed E-state index contributed by atoms with van der Waals surface area (Å²) in [5.41, 5.74) is 0. The Morgan fingerprint density at radius 1 is 1.18 bits per heavy atom. The Hall–Kier alpha value is -0.460. The van der Waals surface area contributed by atoms with Crippen LogP contribution in [0.2, 0.25) is 0 Å². The maximum Gasteiger partial charge on any atom is 0.114 e. The zero-order valence-electron chi connectivity index (χ0n) is 13.7. The number of hydrogen-bond acceptors (Lipinski definition) is 5. The van der Waals surface area contributed by atoms with Gasteiger partial charge in [-0.15, -0.1) is 0 Å². The van der Waals surface area contributed by atoms with Crippen molar-refractivity contribution in [2.45, 2.75) is 76.3 Å². The van der Waals surface area contributed by atoms with Crippen LogP contribution in [-0.2, 0) is 9.47 Å². The zero-order valence-corrected chi connectivity index (χ0v) is 13.7. The molecule has 1 heterocycles. The van der Waals surface area contributed by atoms with Crippen molar-refractivity contribution < 1.29 is 24.8 Å².